The Morgan fingerprint density at radius 3 is 2.14 bits per heavy atom. The number of hydrogen-bond donors (Lipinski definition) is 2. The first-order chi connectivity index (χ1) is 9.51. The molecule has 2 N–H and O–H groups in total. The number of ether oxygens (including phenoxy) is 1. The third-order valence-electron chi connectivity index (χ3n) is 1.97. The number of hydrogen-bond acceptors (Lipinski definition) is 6. The van der Waals surface area contributed by atoms with E-state index >= 15 is 0 Å². The minimum Gasteiger partial charge on any atom is -0.459 e. The molecule has 0 radical (unpaired) electrons. The zero-order valence-corrected chi connectivity index (χ0v) is 13.8. The van der Waals surface area contributed by atoms with Crippen molar-refractivity contribution < 1.29 is 23.9 Å². The summed E-state index contributed by atoms with van der Waals surface area (Å²) in [6.45, 7) is 7.50. The van der Waals surface area contributed by atoms with Gasteiger partial charge in [-0.15, -0.1) is 0 Å². The summed E-state index contributed by atoms with van der Waals surface area (Å²) in [5, 5.41) is 4.65. The Kier molecular flexibility index (Phi) is 8.01. The van der Waals surface area contributed by atoms with E-state index in [1.807, 2.05) is 0 Å². The number of rotatable bonds is 6. The van der Waals surface area contributed by atoms with Crippen molar-refractivity contribution in [1.82, 2.24) is 10.6 Å². The molecule has 7 nitrogen and oxygen atoms in total. The molecule has 0 saturated carbocycles. The highest BCUT2D eigenvalue weighted by molar-refractivity contribution is 8.13. The van der Waals surface area contributed by atoms with Crippen molar-refractivity contribution in [2.24, 2.45) is 0 Å². The van der Waals surface area contributed by atoms with Gasteiger partial charge in [0.25, 0.3) is 0 Å². The average Bonchev–Trinajstić information content (AvgIpc) is 2.28. The van der Waals surface area contributed by atoms with E-state index in [4.69, 9.17) is 4.74 Å². The second-order valence-corrected chi connectivity index (χ2v) is 6.56. The Bertz CT molecular complexity index is 417. The summed E-state index contributed by atoms with van der Waals surface area (Å²) in [7, 11) is 0. The molecule has 0 aromatic carbocycles. The van der Waals surface area contributed by atoms with Gasteiger partial charge in [0, 0.05) is 19.6 Å². The molecule has 0 bridgehead atoms. The molecule has 0 aliphatic rings. The molecular weight excluding hydrogens is 296 g/mol. The van der Waals surface area contributed by atoms with Crippen LogP contribution in [-0.2, 0) is 23.9 Å². The standard InChI is InChI=1S/C13H22N2O5S/c1-8(16)15-10(7-21-9(2)17)12(19)14-6-11(18)20-13(3,4)5/h10H,6-7H2,1-5H3,(H,14,19)(H,15,16)/t10-/m0/s1. The maximum atomic E-state index is 11.9. The van der Waals surface area contributed by atoms with Gasteiger partial charge in [-0.2, -0.15) is 0 Å². The fourth-order valence-corrected chi connectivity index (χ4v) is 1.93. The van der Waals surface area contributed by atoms with Gasteiger partial charge in [-0.25, -0.2) is 0 Å². The smallest absolute Gasteiger partial charge is 0.325 e. The highest BCUT2D eigenvalue weighted by Crippen LogP contribution is 2.07. The summed E-state index contributed by atoms with van der Waals surface area (Å²) in [5.74, 6) is -1.40. The molecule has 0 rings (SSSR count). The minimum atomic E-state index is -0.876. The van der Waals surface area contributed by atoms with Crippen LogP contribution in [0.1, 0.15) is 34.6 Å². The van der Waals surface area contributed by atoms with E-state index in [-0.39, 0.29) is 17.4 Å². The summed E-state index contributed by atoms with van der Waals surface area (Å²) in [4.78, 5) is 45.4. The molecule has 21 heavy (non-hydrogen) atoms. The Morgan fingerprint density at radius 1 is 1.14 bits per heavy atom. The molecular formula is C13H22N2O5S. The molecule has 0 aromatic heterocycles. The van der Waals surface area contributed by atoms with E-state index in [2.05, 4.69) is 10.6 Å². The van der Waals surface area contributed by atoms with E-state index in [9.17, 15) is 19.2 Å². The normalized spacial score (nSPS) is 12.2. The van der Waals surface area contributed by atoms with Gasteiger partial charge < -0.3 is 15.4 Å². The maximum Gasteiger partial charge on any atom is 0.325 e. The third-order valence-corrected chi connectivity index (χ3v) is 2.88. The Balaban J connectivity index is 4.42. The quantitative estimate of drug-likeness (QED) is 0.680. The number of carbonyl (C=O) groups excluding carboxylic acids is 4. The van der Waals surface area contributed by atoms with Crippen LogP contribution in [0.25, 0.3) is 0 Å². The fraction of sp³-hybridized carbons (Fsp3) is 0.692. The van der Waals surface area contributed by atoms with E-state index < -0.39 is 29.4 Å². The Labute approximate surface area is 128 Å². The number of thioether (sulfide) groups is 1. The first-order valence-corrected chi connectivity index (χ1v) is 7.40. The van der Waals surface area contributed by atoms with Crippen molar-refractivity contribution in [3.8, 4) is 0 Å². The lowest BCUT2D eigenvalue weighted by Gasteiger charge is -2.20. The van der Waals surface area contributed by atoms with Gasteiger partial charge in [-0.3, -0.25) is 19.2 Å². The predicted octanol–water partition coefficient (Wildman–Crippen LogP) is 0.229. The van der Waals surface area contributed by atoms with Crippen LogP contribution in [0.3, 0.4) is 0 Å². The molecule has 0 saturated heterocycles. The monoisotopic (exact) mass is 318 g/mol. The van der Waals surface area contributed by atoms with Gasteiger partial charge in [0.05, 0.1) is 0 Å². The van der Waals surface area contributed by atoms with Crippen molar-refractivity contribution in [3.05, 3.63) is 0 Å². The van der Waals surface area contributed by atoms with Crippen LogP contribution in [0, 0.1) is 0 Å². The first kappa shape index (κ1) is 19.4. The van der Waals surface area contributed by atoms with E-state index in [1.54, 1.807) is 20.8 Å². The maximum absolute atomic E-state index is 11.9. The van der Waals surface area contributed by atoms with E-state index in [1.165, 1.54) is 13.8 Å². The van der Waals surface area contributed by atoms with Crippen LogP contribution in [0.5, 0.6) is 0 Å². The van der Waals surface area contributed by atoms with Crippen LogP contribution in [-0.4, -0.2) is 46.8 Å². The van der Waals surface area contributed by atoms with Crippen LogP contribution >= 0.6 is 11.8 Å². The molecule has 8 heteroatoms. The molecule has 0 heterocycles. The lowest BCUT2D eigenvalue weighted by atomic mass is 10.2. The molecule has 0 aliphatic heterocycles. The fourth-order valence-electron chi connectivity index (χ4n) is 1.29. The number of amides is 2. The summed E-state index contributed by atoms with van der Waals surface area (Å²) in [5.41, 5.74) is -0.636. The summed E-state index contributed by atoms with van der Waals surface area (Å²) < 4.78 is 5.05. The molecule has 0 fully saturated rings. The number of esters is 1. The summed E-state index contributed by atoms with van der Waals surface area (Å²) >= 11 is 0.923. The lowest BCUT2D eigenvalue weighted by Crippen LogP contribution is -2.49. The largest absolute Gasteiger partial charge is 0.459 e. The Morgan fingerprint density at radius 2 is 1.71 bits per heavy atom. The third kappa shape index (κ3) is 10.8. The SMILES string of the molecule is CC(=O)N[C@@H](CSC(C)=O)C(=O)NCC(=O)OC(C)(C)C. The van der Waals surface area contributed by atoms with Crippen molar-refractivity contribution in [1.29, 1.82) is 0 Å². The second-order valence-electron chi connectivity index (χ2n) is 5.36. The molecule has 1 atom stereocenters. The summed E-state index contributed by atoms with van der Waals surface area (Å²) in [6.07, 6.45) is 0. The topological polar surface area (TPSA) is 102 Å². The first-order valence-electron chi connectivity index (χ1n) is 6.41. The number of carbonyl (C=O) groups is 4. The highest BCUT2D eigenvalue weighted by atomic mass is 32.2. The predicted molar refractivity (Wildman–Crippen MR) is 79.6 cm³/mol. The zero-order valence-electron chi connectivity index (χ0n) is 12.9. The summed E-state index contributed by atoms with van der Waals surface area (Å²) in [6, 6.07) is -0.876. The minimum absolute atomic E-state index is 0.106. The van der Waals surface area contributed by atoms with E-state index in [0.717, 1.165) is 11.8 Å². The Hall–Kier alpha value is -1.57. The van der Waals surface area contributed by atoms with Gasteiger partial charge >= 0.3 is 5.97 Å². The number of nitrogens with one attached hydrogen (secondary N) is 2. The van der Waals surface area contributed by atoms with Gasteiger partial charge in [0.15, 0.2) is 5.12 Å². The van der Waals surface area contributed by atoms with Gasteiger partial charge in [-0.1, -0.05) is 11.8 Å². The van der Waals surface area contributed by atoms with Crippen LogP contribution in [0.15, 0.2) is 0 Å². The molecule has 0 aliphatic carbocycles. The van der Waals surface area contributed by atoms with E-state index in [0.29, 0.717) is 0 Å². The van der Waals surface area contributed by atoms with Gasteiger partial charge in [0.2, 0.25) is 11.8 Å². The van der Waals surface area contributed by atoms with Crippen LogP contribution < -0.4 is 10.6 Å². The second kappa shape index (κ2) is 8.66. The van der Waals surface area contributed by atoms with Crippen molar-refractivity contribution >= 4 is 34.7 Å². The van der Waals surface area contributed by atoms with Crippen molar-refractivity contribution in [2.45, 2.75) is 46.3 Å². The van der Waals surface area contributed by atoms with Crippen LogP contribution in [0.2, 0.25) is 0 Å². The molecule has 0 unspecified atom stereocenters. The molecule has 2 amide bonds. The van der Waals surface area contributed by atoms with Crippen molar-refractivity contribution in [2.75, 3.05) is 12.3 Å². The van der Waals surface area contributed by atoms with Gasteiger partial charge in [0.1, 0.15) is 18.2 Å². The molecule has 0 spiro atoms. The average molecular weight is 318 g/mol. The lowest BCUT2D eigenvalue weighted by molar-refractivity contribution is -0.154. The van der Waals surface area contributed by atoms with Gasteiger partial charge in [-0.05, 0) is 20.8 Å². The molecule has 120 valence electrons. The molecule has 0 aromatic rings. The highest BCUT2D eigenvalue weighted by Gasteiger charge is 2.22. The zero-order chi connectivity index (χ0) is 16.6. The van der Waals surface area contributed by atoms with Crippen molar-refractivity contribution in [3.63, 3.8) is 0 Å². The van der Waals surface area contributed by atoms with Crippen LogP contribution in [0.4, 0.5) is 0 Å².